The summed E-state index contributed by atoms with van der Waals surface area (Å²) in [5, 5.41) is 7.74. The zero-order valence-corrected chi connectivity index (χ0v) is 17.7. The molecule has 0 amide bonds. The van der Waals surface area contributed by atoms with Crippen LogP contribution in [0.1, 0.15) is 31.2 Å². The van der Waals surface area contributed by atoms with E-state index in [9.17, 15) is 0 Å². The molecule has 1 saturated heterocycles. The van der Waals surface area contributed by atoms with E-state index in [1.54, 1.807) is 7.11 Å². The van der Waals surface area contributed by atoms with Crippen LogP contribution in [0.3, 0.4) is 0 Å². The minimum Gasteiger partial charge on any atom is -0.497 e. The molecule has 0 radical (unpaired) electrons. The van der Waals surface area contributed by atoms with E-state index in [-0.39, 0.29) is 29.4 Å². The highest BCUT2D eigenvalue weighted by Gasteiger charge is 2.44. The third-order valence-corrected chi connectivity index (χ3v) is 6.29. The first kappa shape index (κ1) is 19.7. The second kappa shape index (κ2) is 9.17. The molecule has 1 aliphatic heterocycles. The van der Waals surface area contributed by atoms with Gasteiger partial charge in [-0.3, -0.25) is 4.99 Å². The van der Waals surface area contributed by atoms with Crippen LogP contribution in [0.25, 0.3) is 0 Å². The van der Waals surface area contributed by atoms with Gasteiger partial charge in [0.2, 0.25) is 0 Å². The van der Waals surface area contributed by atoms with Crippen LogP contribution in [-0.4, -0.2) is 44.2 Å². The molecule has 0 spiro atoms. The van der Waals surface area contributed by atoms with Crippen molar-refractivity contribution in [2.75, 3.05) is 33.0 Å². The van der Waals surface area contributed by atoms with E-state index in [2.05, 4.69) is 51.7 Å². The number of rotatable bonds is 6. The van der Waals surface area contributed by atoms with Gasteiger partial charge in [0.05, 0.1) is 7.11 Å². The minimum absolute atomic E-state index is 0. The number of thioether (sulfide) groups is 1. The zero-order valence-electron chi connectivity index (χ0n) is 14.5. The van der Waals surface area contributed by atoms with Crippen LogP contribution in [0.4, 0.5) is 0 Å². The first-order valence-corrected chi connectivity index (χ1v) is 9.51. The normalized spacial score (nSPS) is 21.8. The summed E-state index contributed by atoms with van der Waals surface area (Å²) in [6, 6.07) is 8.50. The largest absolute Gasteiger partial charge is 0.497 e. The summed E-state index contributed by atoms with van der Waals surface area (Å²) in [5.74, 6) is 3.15. The smallest absolute Gasteiger partial charge is 0.191 e. The molecule has 2 fully saturated rings. The summed E-state index contributed by atoms with van der Waals surface area (Å²) in [6.45, 7) is 1.96. The van der Waals surface area contributed by atoms with Crippen molar-refractivity contribution in [2.45, 2.75) is 36.3 Å². The Morgan fingerprint density at radius 3 is 2.58 bits per heavy atom. The first-order valence-electron chi connectivity index (χ1n) is 8.46. The van der Waals surface area contributed by atoms with E-state index >= 15 is 0 Å². The van der Waals surface area contributed by atoms with Crippen molar-refractivity contribution in [3.8, 4) is 5.75 Å². The molecule has 4 nitrogen and oxygen atoms in total. The molecule has 1 saturated carbocycles. The maximum Gasteiger partial charge on any atom is 0.191 e. The minimum atomic E-state index is 0. The second-order valence-electron chi connectivity index (χ2n) is 6.45. The van der Waals surface area contributed by atoms with E-state index in [1.807, 2.05) is 7.05 Å². The Labute approximate surface area is 166 Å². The molecule has 1 aromatic carbocycles. The van der Waals surface area contributed by atoms with Crippen LogP contribution >= 0.6 is 35.7 Å². The van der Waals surface area contributed by atoms with Crippen molar-refractivity contribution in [1.82, 2.24) is 10.6 Å². The molecule has 1 aromatic rings. The summed E-state index contributed by atoms with van der Waals surface area (Å²) in [5.41, 5.74) is 1.67. The van der Waals surface area contributed by atoms with Crippen LogP contribution in [0.15, 0.2) is 29.3 Å². The summed E-state index contributed by atoms with van der Waals surface area (Å²) >= 11 is 2.07. The quantitative estimate of drug-likeness (QED) is 0.387. The highest BCUT2D eigenvalue weighted by atomic mass is 127. The number of guanidine groups is 1. The maximum atomic E-state index is 5.25. The summed E-state index contributed by atoms with van der Waals surface area (Å²) < 4.78 is 5.25. The number of halogens is 1. The predicted molar refractivity (Wildman–Crippen MR) is 114 cm³/mol. The number of hydrogen-bond donors (Lipinski definition) is 2. The van der Waals surface area contributed by atoms with E-state index in [0.29, 0.717) is 0 Å². The topological polar surface area (TPSA) is 45.7 Å². The molecular formula is C18H28IN3OS. The number of aliphatic imine (C=N–C) groups is 1. The van der Waals surface area contributed by atoms with Crippen LogP contribution in [0.5, 0.6) is 5.75 Å². The third kappa shape index (κ3) is 4.94. The molecule has 0 bridgehead atoms. The van der Waals surface area contributed by atoms with Crippen LogP contribution in [0.2, 0.25) is 0 Å². The summed E-state index contributed by atoms with van der Waals surface area (Å²) in [4.78, 5) is 4.37. The number of benzene rings is 1. The van der Waals surface area contributed by atoms with E-state index < -0.39 is 0 Å². The van der Waals surface area contributed by atoms with Crippen molar-refractivity contribution in [2.24, 2.45) is 4.99 Å². The fraction of sp³-hybridized carbons (Fsp3) is 0.611. The second-order valence-corrected chi connectivity index (χ2v) is 7.86. The van der Waals surface area contributed by atoms with Crippen LogP contribution < -0.4 is 15.4 Å². The van der Waals surface area contributed by atoms with Crippen LogP contribution in [-0.2, 0) is 5.41 Å². The lowest BCUT2D eigenvalue weighted by atomic mass is 9.96. The molecule has 3 rings (SSSR count). The Bertz CT molecular complexity index is 540. The van der Waals surface area contributed by atoms with Gasteiger partial charge < -0.3 is 15.4 Å². The van der Waals surface area contributed by atoms with Crippen LogP contribution in [0, 0.1) is 0 Å². The van der Waals surface area contributed by atoms with E-state index in [0.717, 1.165) is 30.0 Å². The number of ether oxygens (including phenoxy) is 1. The van der Waals surface area contributed by atoms with Crippen molar-refractivity contribution in [3.05, 3.63) is 29.8 Å². The Balaban J connectivity index is 0.00000208. The van der Waals surface area contributed by atoms with Crippen molar-refractivity contribution in [1.29, 1.82) is 0 Å². The molecule has 24 heavy (non-hydrogen) atoms. The number of nitrogens with zero attached hydrogens (tertiary/aromatic N) is 1. The first-order chi connectivity index (χ1) is 11.3. The summed E-state index contributed by atoms with van der Waals surface area (Å²) in [6.07, 6.45) is 5.15. The van der Waals surface area contributed by atoms with Crippen molar-refractivity contribution in [3.63, 3.8) is 0 Å². The molecule has 2 N–H and O–H groups in total. The molecule has 0 aromatic heterocycles. The lowest BCUT2D eigenvalue weighted by Crippen LogP contribution is -2.43. The monoisotopic (exact) mass is 461 g/mol. The summed E-state index contributed by atoms with van der Waals surface area (Å²) in [7, 11) is 3.56. The average Bonchev–Trinajstić information content (AvgIpc) is 3.21. The molecule has 2 aliphatic rings. The van der Waals surface area contributed by atoms with Crippen molar-refractivity contribution >= 4 is 41.7 Å². The zero-order chi connectivity index (χ0) is 16.1. The highest BCUT2D eigenvalue weighted by Crippen LogP contribution is 2.47. The Hall–Kier alpha value is -0.630. The van der Waals surface area contributed by atoms with Gasteiger partial charge in [-0.15, -0.1) is 24.0 Å². The predicted octanol–water partition coefficient (Wildman–Crippen LogP) is 3.41. The van der Waals surface area contributed by atoms with Gasteiger partial charge in [-0.1, -0.05) is 12.1 Å². The van der Waals surface area contributed by atoms with Crippen molar-refractivity contribution < 1.29 is 4.74 Å². The van der Waals surface area contributed by atoms with Gasteiger partial charge in [-0.2, -0.15) is 11.8 Å². The average molecular weight is 461 g/mol. The molecule has 1 unspecified atom stereocenters. The molecular weight excluding hydrogens is 433 g/mol. The molecule has 1 atom stereocenters. The van der Waals surface area contributed by atoms with E-state index in [4.69, 9.17) is 4.74 Å². The molecule has 1 heterocycles. The molecule has 6 heteroatoms. The van der Waals surface area contributed by atoms with Gasteiger partial charge >= 0.3 is 0 Å². The maximum absolute atomic E-state index is 5.25. The van der Waals surface area contributed by atoms with Gasteiger partial charge in [-0.25, -0.2) is 0 Å². The standard InChI is InChI=1S/C18H27N3OS.HI/c1-19-17(20-12-16-4-3-11-23-16)21-13-18(9-10-18)14-5-7-15(22-2)8-6-14;/h5-8,16H,3-4,9-13H2,1-2H3,(H2,19,20,21);1H. The van der Waals surface area contributed by atoms with Gasteiger partial charge in [0, 0.05) is 30.8 Å². The highest BCUT2D eigenvalue weighted by molar-refractivity contribution is 14.0. The number of hydrogen-bond acceptors (Lipinski definition) is 3. The lowest BCUT2D eigenvalue weighted by molar-refractivity contribution is 0.414. The number of methoxy groups -OCH3 is 1. The number of nitrogens with one attached hydrogen (secondary N) is 2. The fourth-order valence-electron chi connectivity index (χ4n) is 3.15. The van der Waals surface area contributed by atoms with E-state index in [1.165, 1.54) is 37.0 Å². The Morgan fingerprint density at radius 2 is 2.04 bits per heavy atom. The molecule has 134 valence electrons. The molecule has 1 aliphatic carbocycles. The van der Waals surface area contributed by atoms with Gasteiger partial charge in [0.25, 0.3) is 0 Å². The van der Waals surface area contributed by atoms with Gasteiger partial charge in [-0.05, 0) is 49.1 Å². The Kier molecular flexibility index (Phi) is 7.53. The fourth-order valence-corrected chi connectivity index (χ4v) is 4.35. The van der Waals surface area contributed by atoms with Gasteiger partial charge in [0.15, 0.2) is 5.96 Å². The van der Waals surface area contributed by atoms with Gasteiger partial charge in [0.1, 0.15) is 5.75 Å². The Morgan fingerprint density at radius 1 is 1.29 bits per heavy atom. The lowest BCUT2D eigenvalue weighted by Gasteiger charge is -2.20. The third-order valence-electron chi connectivity index (χ3n) is 4.89. The SMILES string of the molecule is CN=C(NCC1CCCS1)NCC1(c2ccc(OC)cc2)CC1.I.